The van der Waals surface area contributed by atoms with E-state index in [2.05, 4.69) is 5.32 Å². The Bertz CT molecular complexity index is 372. The van der Waals surface area contributed by atoms with E-state index in [1.807, 2.05) is 11.8 Å². The second-order valence-electron chi connectivity index (χ2n) is 4.13. The summed E-state index contributed by atoms with van der Waals surface area (Å²) in [4.78, 5) is 0.239. The molecule has 0 radical (unpaired) electrons. The van der Waals surface area contributed by atoms with Gasteiger partial charge < -0.3 is 5.32 Å². The lowest BCUT2D eigenvalue weighted by molar-refractivity contribution is -0.0328. The fraction of sp³-hybridized carbons (Fsp3) is 0.500. The molecule has 0 spiro atoms. The highest BCUT2D eigenvalue weighted by Gasteiger charge is 2.28. The van der Waals surface area contributed by atoms with Gasteiger partial charge in [0.25, 0.3) is 0 Å². The van der Waals surface area contributed by atoms with Gasteiger partial charge in [0.2, 0.25) is 0 Å². The highest BCUT2D eigenvalue weighted by molar-refractivity contribution is 8.00. The second-order valence-corrected chi connectivity index (χ2v) is 6.42. The van der Waals surface area contributed by atoms with Crippen molar-refractivity contribution in [3.8, 4) is 0 Å². The summed E-state index contributed by atoms with van der Waals surface area (Å²) in [6.07, 6.45) is 1.17. The van der Waals surface area contributed by atoms with E-state index in [1.54, 1.807) is 12.1 Å². The van der Waals surface area contributed by atoms with Crippen LogP contribution in [-0.4, -0.2) is 23.1 Å². The van der Waals surface area contributed by atoms with Gasteiger partial charge in [0.1, 0.15) is 0 Å². The lowest BCUT2D eigenvalue weighted by atomic mass is 10.2. The summed E-state index contributed by atoms with van der Waals surface area (Å²) in [7, 11) is 0. The minimum absolute atomic E-state index is 0.0709. The van der Waals surface area contributed by atoms with Gasteiger partial charge in [-0.05, 0) is 41.6 Å². The van der Waals surface area contributed by atoms with E-state index >= 15 is 0 Å². The number of nitrogens with one attached hydrogen (secondary N) is 1. The van der Waals surface area contributed by atoms with Crippen molar-refractivity contribution in [2.24, 2.45) is 0 Å². The van der Waals surface area contributed by atoms with Crippen molar-refractivity contribution in [1.82, 2.24) is 5.32 Å². The Balaban J connectivity index is 1.83. The SMILES string of the molecule is FC(F)(F)Sc1ccc(CNC2CCSC2)cc1. The first kappa shape index (κ1) is 14.1. The zero-order valence-electron chi connectivity index (χ0n) is 9.67. The highest BCUT2D eigenvalue weighted by Crippen LogP contribution is 2.36. The molecule has 0 aromatic heterocycles. The molecular weight excluding hydrogens is 279 g/mol. The van der Waals surface area contributed by atoms with Crippen molar-refractivity contribution in [2.45, 2.75) is 29.4 Å². The topological polar surface area (TPSA) is 12.0 Å². The monoisotopic (exact) mass is 293 g/mol. The number of rotatable bonds is 4. The normalized spacial score (nSPS) is 20.3. The molecule has 1 nitrogen and oxygen atoms in total. The summed E-state index contributed by atoms with van der Waals surface area (Å²) in [6.45, 7) is 0.724. The maximum absolute atomic E-state index is 12.1. The molecule has 1 aromatic rings. The molecule has 1 unspecified atom stereocenters. The molecule has 6 heteroatoms. The zero-order chi connectivity index (χ0) is 13.0. The average molecular weight is 293 g/mol. The van der Waals surface area contributed by atoms with Gasteiger partial charge in [-0.3, -0.25) is 0 Å². The van der Waals surface area contributed by atoms with E-state index in [0.717, 1.165) is 17.9 Å². The number of benzene rings is 1. The standard InChI is InChI=1S/C12H14F3NS2/c13-12(14,15)18-11-3-1-9(2-4-11)7-16-10-5-6-17-8-10/h1-4,10,16H,5-8H2. The van der Waals surface area contributed by atoms with Crippen LogP contribution < -0.4 is 5.32 Å². The molecule has 0 amide bonds. The largest absolute Gasteiger partial charge is 0.446 e. The van der Waals surface area contributed by atoms with Crippen molar-refractivity contribution in [2.75, 3.05) is 11.5 Å². The van der Waals surface area contributed by atoms with Crippen LogP contribution in [0.3, 0.4) is 0 Å². The summed E-state index contributed by atoms with van der Waals surface area (Å²) in [5, 5.41) is 3.42. The third-order valence-corrected chi connectivity index (χ3v) is 4.58. The van der Waals surface area contributed by atoms with E-state index in [4.69, 9.17) is 0 Å². The van der Waals surface area contributed by atoms with Gasteiger partial charge in [0, 0.05) is 23.2 Å². The van der Waals surface area contributed by atoms with Gasteiger partial charge in [-0.2, -0.15) is 24.9 Å². The van der Waals surface area contributed by atoms with Crippen molar-refractivity contribution in [1.29, 1.82) is 0 Å². The Morgan fingerprint density at radius 1 is 1.28 bits per heavy atom. The maximum Gasteiger partial charge on any atom is 0.446 e. The molecule has 0 aliphatic carbocycles. The molecule has 1 aliphatic rings. The first-order valence-corrected chi connectivity index (χ1v) is 7.66. The molecule has 0 saturated carbocycles. The van der Waals surface area contributed by atoms with Crippen LogP contribution in [0.4, 0.5) is 13.2 Å². The van der Waals surface area contributed by atoms with Crippen LogP contribution in [-0.2, 0) is 6.54 Å². The summed E-state index contributed by atoms with van der Waals surface area (Å²) < 4.78 is 36.4. The van der Waals surface area contributed by atoms with Crippen LogP contribution in [0, 0.1) is 0 Å². The van der Waals surface area contributed by atoms with Crippen LogP contribution in [0.1, 0.15) is 12.0 Å². The number of thioether (sulfide) groups is 2. The highest BCUT2D eigenvalue weighted by atomic mass is 32.2. The Morgan fingerprint density at radius 2 is 2.00 bits per heavy atom. The van der Waals surface area contributed by atoms with Crippen LogP contribution in [0.5, 0.6) is 0 Å². The minimum Gasteiger partial charge on any atom is -0.309 e. The van der Waals surface area contributed by atoms with Crippen LogP contribution in [0.25, 0.3) is 0 Å². The van der Waals surface area contributed by atoms with Crippen molar-refractivity contribution < 1.29 is 13.2 Å². The van der Waals surface area contributed by atoms with E-state index in [9.17, 15) is 13.2 Å². The smallest absolute Gasteiger partial charge is 0.309 e. The van der Waals surface area contributed by atoms with Crippen molar-refractivity contribution in [3.63, 3.8) is 0 Å². The first-order valence-electron chi connectivity index (χ1n) is 5.69. The van der Waals surface area contributed by atoms with Crippen molar-refractivity contribution in [3.05, 3.63) is 29.8 Å². The van der Waals surface area contributed by atoms with Crippen LogP contribution in [0.2, 0.25) is 0 Å². The second kappa shape index (κ2) is 6.21. The molecule has 0 bridgehead atoms. The minimum atomic E-state index is -4.21. The number of hydrogen-bond acceptors (Lipinski definition) is 3. The van der Waals surface area contributed by atoms with Gasteiger partial charge >= 0.3 is 5.51 Å². The molecule has 1 atom stereocenters. The van der Waals surface area contributed by atoms with Crippen LogP contribution >= 0.6 is 23.5 Å². The lowest BCUT2D eigenvalue weighted by Gasteiger charge is -2.11. The molecule has 1 heterocycles. The number of alkyl halides is 3. The van der Waals surface area contributed by atoms with Gasteiger partial charge in [0.15, 0.2) is 0 Å². The average Bonchev–Trinajstić information content (AvgIpc) is 2.79. The Hall–Kier alpha value is -0.330. The molecule has 1 fully saturated rings. The Morgan fingerprint density at radius 3 is 2.56 bits per heavy atom. The molecule has 1 N–H and O–H groups in total. The molecule has 100 valence electrons. The van der Waals surface area contributed by atoms with Gasteiger partial charge in [0.05, 0.1) is 0 Å². The third kappa shape index (κ3) is 4.74. The predicted molar refractivity (Wildman–Crippen MR) is 70.9 cm³/mol. The Labute approximate surface area is 113 Å². The number of halogens is 3. The fourth-order valence-corrected chi connectivity index (χ4v) is 3.49. The summed E-state index contributed by atoms with van der Waals surface area (Å²) in [5.74, 6) is 2.32. The van der Waals surface area contributed by atoms with E-state index in [-0.39, 0.29) is 16.7 Å². The molecule has 2 rings (SSSR count). The van der Waals surface area contributed by atoms with E-state index < -0.39 is 5.51 Å². The quantitative estimate of drug-likeness (QED) is 0.846. The summed E-state index contributed by atoms with van der Waals surface area (Å²) in [5.41, 5.74) is -3.18. The predicted octanol–water partition coefficient (Wildman–Crippen LogP) is 3.89. The Kier molecular flexibility index (Phi) is 4.86. The first-order chi connectivity index (χ1) is 8.53. The summed E-state index contributed by atoms with van der Waals surface area (Å²) >= 11 is 1.86. The molecule has 1 aromatic carbocycles. The van der Waals surface area contributed by atoms with E-state index in [1.165, 1.54) is 24.3 Å². The van der Waals surface area contributed by atoms with Crippen LogP contribution in [0.15, 0.2) is 29.2 Å². The fourth-order valence-electron chi connectivity index (χ4n) is 1.77. The van der Waals surface area contributed by atoms with Gasteiger partial charge in [-0.1, -0.05) is 12.1 Å². The van der Waals surface area contributed by atoms with Gasteiger partial charge in [-0.25, -0.2) is 0 Å². The lowest BCUT2D eigenvalue weighted by Crippen LogP contribution is -2.27. The summed E-state index contributed by atoms with van der Waals surface area (Å²) in [6, 6.07) is 7.10. The van der Waals surface area contributed by atoms with Crippen molar-refractivity contribution >= 4 is 23.5 Å². The third-order valence-electron chi connectivity index (χ3n) is 2.68. The molecule has 18 heavy (non-hydrogen) atoms. The molecule has 1 saturated heterocycles. The molecule has 1 aliphatic heterocycles. The maximum atomic E-state index is 12.1. The zero-order valence-corrected chi connectivity index (χ0v) is 11.3. The number of hydrogen-bond donors (Lipinski definition) is 1. The van der Waals surface area contributed by atoms with E-state index in [0.29, 0.717) is 6.04 Å². The van der Waals surface area contributed by atoms with Gasteiger partial charge in [-0.15, -0.1) is 0 Å². The molecular formula is C12H14F3NS2.